The van der Waals surface area contributed by atoms with Crippen LogP contribution in [0.5, 0.6) is 0 Å². The van der Waals surface area contributed by atoms with Crippen LogP contribution in [0.1, 0.15) is 286 Å². The van der Waals surface area contributed by atoms with Crippen LogP contribution in [-0.2, 0) is 0 Å². The Labute approximate surface area is 601 Å². The van der Waals surface area contributed by atoms with Gasteiger partial charge in [-0.2, -0.15) is 92.2 Å². The third-order valence-corrected chi connectivity index (χ3v) is 26.7. The minimum atomic E-state index is -6.19. The van der Waals surface area contributed by atoms with E-state index in [1.54, 1.807) is 6.92 Å². The first-order valence-corrected chi connectivity index (χ1v) is 37.4. The standard InChI is InChI=1S/C12H15F9.C9H13F3.C8H7F9.C8H12F4.C8H16.C7H11F3.C7H14.2C6H12.C5H10/c1-4-5(2)8(11(16,17)18)9(12(19,20)21)6(3)7(4)10(13,14)15;1-5-6-3-4-7(5)8(6,2)9(10,11)12;1-3-5(10,11)4(2,9)7(14,15)8(16,17)6(3,12)13;1-3-5(9)4(2)7(11)8(12)6(3)10;1-3-8(2)6-4-5-7-8;1-2-6(4-3-5-6)7(8,9)10;1-7(2)5-3-4-6-7;1-6(2)4-3-5-6;1-3-6(2)4-5-6;1-5(2)3-4-5/h4-9H,1-3H3;5-7H,3-4H2,1-2H3;3H,1-2H3;3-8H,1-2H3;3-7H2,1-2H3;2-5H2,1H3;3-6H2,1-2H3;2*3-5H2,1-2H3;3-4H2,1-2H3/t4-,5?,6?,7?,8?,9?;5?,6-,7+,8?;3-,4?;3-,4?,5?,6?,7?,8?;;;;;;/m1.00....../s1. The van der Waals surface area contributed by atoms with Crippen LogP contribution in [0.2, 0.25) is 0 Å². The predicted octanol–water partition coefficient (Wildman–Crippen LogP) is 30.1. The third-order valence-electron chi connectivity index (χ3n) is 26.7. The molecule has 0 aliphatic heterocycles. The van der Waals surface area contributed by atoms with E-state index in [1.165, 1.54) is 130 Å². The second-order valence-electron chi connectivity index (χ2n) is 35.9. The highest BCUT2D eigenvalue weighted by Gasteiger charge is 2.91. The third kappa shape index (κ3) is 22.7. The van der Waals surface area contributed by atoms with Crippen molar-refractivity contribution in [2.45, 2.75) is 371 Å². The molecule has 0 nitrogen and oxygen atoms in total. The summed E-state index contributed by atoms with van der Waals surface area (Å²) in [5.74, 6) is -42.6. The lowest BCUT2D eigenvalue weighted by molar-refractivity contribution is -0.431. The summed E-state index contributed by atoms with van der Waals surface area (Å²) in [4.78, 5) is 0. The Morgan fingerprint density at radius 3 is 0.808 bits per heavy atom. The summed E-state index contributed by atoms with van der Waals surface area (Å²) in [5.41, 5.74) is -4.01. The van der Waals surface area contributed by atoms with Crippen LogP contribution in [0.25, 0.3) is 0 Å². The zero-order valence-corrected chi connectivity index (χ0v) is 64.6. The maximum atomic E-state index is 13.2. The second kappa shape index (κ2) is 34.6. The SMILES string of the molecule is CC1(C)CC1.CC1(C)CCC1.CC1(C)CCCC1.CC1C(C(F)(F)F)C(C(F)(F)F)C(C)[C@@H](C)C1C(F)(F)F.CC1C(F)C(F)C(F)[C@@H](C)C1F.CC1[C@H]2CC[C@@H]1C2(C)C(F)(F)F.CCC1(C(F)(F)F)CCC1.CCC1(C)CC1.CCC1(C)CCCC1.C[C@H]1C(F)(F)C(C)(F)C(F)(F)C(F)(F)C1(F)F. The Morgan fingerprint density at radius 2 is 0.606 bits per heavy atom. The highest BCUT2D eigenvalue weighted by Crippen LogP contribution is 2.72. The van der Waals surface area contributed by atoms with E-state index in [0.29, 0.717) is 31.1 Å². The van der Waals surface area contributed by atoms with Gasteiger partial charge in [-0.1, -0.05) is 183 Å². The fraction of sp³-hybridized carbons (Fsp3) is 1.00. The molecule has 12 aliphatic carbocycles. The molecule has 2 bridgehead atoms. The van der Waals surface area contributed by atoms with Gasteiger partial charge < -0.3 is 0 Å². The lowest BCUT2D eigenvalue weighted by atomic mass is 9.53. The van der Waals surface area contributed by atoms with E-state index in [1.807, 2.05) is 6.92 Å². The topological polar surface area (TPSA) is 0 Å². The van der Waals surface area contributed by atoms with E-state index in [2.05, 4.69) is 69.2 Å². The lowest BCUT2D eigenvalue weighted by Gasteiger charge is -2.53. The Kier molecular flexibility index (Phi) is 32.6. The summed E-state index contributed by atoms with van der Waals surface area (Å²) in [6.07, 6.45) is -3.24. The predicted molar refractivity (Wildman–Crippen MR) is 352 cm³/mol. The van der Waals surface area contributed by atoms with Crippen LogP contribution in [0, 0.1) is 109 Å². The Hall–Kier alpha value is -1.96. The molecule has 12 rings (SSSR count). The molecule has 0 radical (unpaired) electrons. The van der Waals surface area contributed by atoms with Gasteiger partial charge in [-0.05, 0) is 166 Å². The van der Waals surface area contributed by atoms with E-state index in [0.717, 1.165) is 54.8 Å². The molecule has 0 heterocycles. The van der Waals surface area contributed by atoms with Gasteiger partial charge in [0, 0.05) is 11.8 Å². The number of alkyl halides is 28. The Bertz CT molecular complexity index is 2430. The van der Waals surface area contributed by atoms with Crippen LogP contribution >= 0.6 is 0 Å². The zero-order chi connectivity index (χ0) is 82.0. The van der Waals surface area contributed by atoms with E-state index in [4.69, 9.17) is 0 Å². The van der Waals surface area contributed by atoms with Crippen molar-refractivity contribution >= 4 is 0 Å². The van der Waals surface area contributed by atoms with Crippen LogP contribution in [0.3, 0.4) is 0 Å². The first-order chi connectivity index (χ1) is 46.3. The van der Waals surface area contributed by atoms with Crippen molar-refractivity contribution in [2.75, 3.05) is 0 Å². The van der Waals surface area contributed by atoms with Crippen molar-refractivity contribution in [3.8, 4) is 0 Å². The number of hydrogen-bond acceptors (Lipinski definition) is 0. The summed E-state index contributed by atoms with van der Waals surface area (Å²) in [6, 6.07) is 0. The Morgan fingerprint density at radius 1 is 0.298 bits per heavy atom. The molecule has 28 heteroatoms. The molecule has 18 atom stereocenters. The maximum Gasteiger partial charge on any atom is 0.394 e. The summed E-state index contributed by atoms with van der Waals surface area (Å²) < 4.78 is 358. The smallest absolute Gasteiger partial charge is 0.247 e. The van der Waals surface area contributed by atoms with E-state index < -0.39 is 156 Å². The van der Waals surface area contributed by atoms with Gasteiger partial charge in [-0.25, -0.2) is 30.7 Å². The number of rotatable bonds is 3. The largest absolute Gasteiger partial charge is 0.394 e. The van der Waals surface area contributed by atoms with Gasteiger partial charge in [0.1, 0.15) is 18.5 Å². The van der Waals surface area contributed by atoms with Gasteiger partial charge >= 0.3 is 48.6 Å². The molecule has 104 heavy (non-hydrogen) atoms. The van der Waals surface area contributed by atoms with Gasteiger partial charge in [0.05, 0.1) is 34.5 Å². The average Bonchev–Trinajstić information content (AvgIpc) is 0.751. The first kappa shape index (κ1) is 98.1. The quantitative estimate of drug-likeness (QED) is 0.247. The van der Waals surface area contributed by atoms with Crippen molar-refractivity contribution < 1.29 is 123 Å². The molecule has 12 fully saturated rings. The molecule has 12 saturated carbocycles. The van der Waals surface area contributed by atoms with Crippen molar-refractivity contribution in [2.24, 2.45) is 109 Å². The van der Waals surface area contributed by atoms with Crippen molar-refractivity contribution in [3.63, 3.8) is 0 Å². The van der Waals surface area contributed by atoms with E-state index in [9.17, 15) is 123 Å². The van der Waals surface area contributed by atoms with Crippen molar-refractivity contribution in [1.29, 1.82) is 0 Å². The zero-order valence-electron chi connectivity index (χ0n) is 64.6. The molecule has 12 aliphatic rings. The first-order valence-electron chi connectivity index (χ1n) is 37.4. The molecule has 13 unspecified atom stereocenters. The van der Waals surface area contributed by atoms with E-state index in [-0.39, 0.29) is 25.2 Å². The monoisotopic (exact) mass is 1570 g/mol. The van der Waals surface area contributed by atoms with E-state index >= 15 is 0 Å². The van der Waals surface area contributed by atoms with Crippen molar-refractivity contribution in [1.82, 2.24) is 0 Å². The minimum Gasteiger partial charge on any atom is -0.247 e. The molecule has 622 valence electrons. The summed E-state index contributed by atoms with van der Waals surface area (Å²) in [6.45, 7) is 32.6. The molecular weight excluding hydrogens is 1440 g/mol. The molecular formula is C76H122F28. The highest BCUT2D eigenvalue weighted by atomic mass is 19.4. The maximum absolute atomic E-state index is 13.2. The second-order valence-corrected chi connectivity index (χ2v) is 35.9. The summed E-state index contributed by atoms with van der Waals surface area (Å²) in [7, 11) is 0. The van der Waals surface area contributed by atoms with Gasteiger partial charge in [-0.15, -0.1) is 0 Å². The van der Waals surface area contributed by atoms with Gasteiger partial charge in [0.2, 0.25) is 5.67 Å². The van der Waals surface area contributed by atoms with Gasteiger partial charge in [-0.3, -0.25) is 0 Å². The molecule has 0 N–H and O–H groups in total. The molecule has 0 aromatic carbocycles. The lowest BCUT2D eigenvalue weighted by Crippen LogP contribution is -2.77. The normalized spacial score (nSPS) is 38.2. The molecule has 0 aromatic rings. The molecule has 0 spiro atoms. The number of fused-ring (bicyclic) bond motifs is 1. The Balaban J connectivity index is 0.000000404. The fourth-order valence-electron chi connectivity index (χ4n) is 16.3. The van der Waals surface area contributed by atoms with Crippen LogP contribution in [0.15, 0.2) is 0 Å². The average molecular weight is 1570 g/mol. The van der Waals surface area contributed by atoms with Crippen LogP contribution in [0.4, 0.5) is 123 Å². The van der Waals surface area contributed by atoms with Crippen LogP contribution in [-0.4, -0.2) is 84.9 Å². The molecule has 0 amide bonds. The fourth-order valence-corrected chi connectivity index (χ4v) is 16.3. The van der Waals surface area contributed by atoms with Crippen molar-refractivity contribution in [3.05, 3.63) is 0 Å². The van der Waals surface area contributed by atoms with Gasteiger partial charge in [0.15, 0.2) is 6.17 Å². The summed E-state index contributed by atoms with van der Waals surface area (Å²) >= 11 is 0. The summed E-state index contributed by atoms with van der Waals surface area (Å²) in [5, 5.41) is 0. The van der Waals surface area contributed by atoms with Crippen LogP contribution < -0.4 is 0 Å². The minimum absolute atomic E-state index is 0.0949. The molecule has 0 aromatic heterocycles. The molecule has 0 saturated heterocycles. The number of hydrogen-bond donors (Lipinski definition) is 0. The number of halogens is 28. The van der Waals surface area contributed by atoms with Gasteiger partial charge in [0.25, 0.3) is 5.92 Å². The highest BCUT2D eigenvalue weighted by molar-refractivity contribution is 5.20.